The van der Waals surface area contributed by atoms with E-state index in [1.165, 1.54) is 37.4 Å². The highest BCUT2D eigenvalue weighted by molar-refractivity contribution is 6.11. The van der Waals surface area contributed by atoms with Crippen LogP contribution in [0.3, 0.4) is 0 Å². The molecule has 0 atom stereocenters. The zero-order valence-electron chi connectivity index (χ0n) is 17.8. The molecule has 2 aromatic rings. The van der Waals surface area contributed by atoms with Gasteiger partial charge in [0, 0.05) is 23.5 Å². The zero-order chi connectivity index (χ0) is 23.8. The molecule has 1 saturated carbocycles. The Labute approximate surface area is 188 Å². The lowest BCUT2D eigenvalue weighted by molar-refractivity contribution is -0.384. The molecule has 2 N–H and O–H groups in total. The molecule has 11 heteroatoms. The summed E-state index contributed by atoms with van der Waals surface area (Å²) in [5.74, 6) is -0.891. The number of benzene rings is 1. The van der Waals surface area contributed by atoms with Crippen LogP contribution in [0.2, 0.25) is 0 Å². The predicted octanol–water partition coefficient (Wildman–Crippen LogP) is 3.51. The Morgan fingerprint density at radius 3 is 2.52 bits per heavy atom. The lowest BCUT2D eigenvalue weighted by atomic mass is 9.75. The Hall–Kier alpha value is -3.89. The fourth-order valence-electron chi connectivity index (χ4n) is 4.11. The van der Waals surface area contributed by atoms with E-state index in [1.807, 2.05) is 0 Å². The van der Waals surface area contributed by atoms with E-state index in [9.17, 15) is 28.9 Å². The molecule has 2 heterocycles. The van der Waals surface area contributed by atoms with E-state index in [4.69, 9.17) is 0 Å². The molecule has 4 rings (SSSR count). The Bertz CT molecular complexity index is 1120. The first-order chi connectivity index (χ1) is 15.6. The largest absolute Gasteiger partial charge is 0.334 e. The number of nitrogens with one attached hydrogen (secondary N) is 2. The number of rotatable bonds is 6. The lowest BCUT2D eigenvalue weighted by Gasteiger charge is -2.36. The maximum atomic E-state index is 14.2. The van der Waals surface area contributed by atoms with Crippen LogP contribution in [0, 0.1) is 10.1 Å². The SMILES string of the molecule is CC1(F)CCC2(CC1)NC(=O)N(CC(=O)c1ccc(Nc3ncccc3[N+](=O)[O-])cc1)C2=O. The van der Waals surface area contributed by atoms with Crippen LogP contribution in [0.25, 0.3) is 0 Å². The molecule has 1 aromatic heterocycles. The van der Waals surface area contributed by atoms with Gasteiger partial charge in [-0.1, -0.05) is 0 Å². The number of urea groups is 1. The molecule has 2 aliphatic rings. The first kappa shape index (κ1) is 22.3. The van der Waals surface area contributed by atoms with Crippen molar-refractivity contribution in [1.29, 1.82) is 0 Å². The van der Waals surface area contributed by atoms with Crippen LogP contribution in [0.4, 0.5) is 26.4 Å². The molecule has 2 fully saturated rings. The van der Waals surface area contributed by atoms with Crippen LogP contribution in [0.5, 0.6) is 0 Å². The zero-order valence-corrected chi connectivity index (χ0v) is 17.8. The van der Waals surface area contributed by atoms with Gasteiger partial charge in [0.15, 0.2) is 5.78 Å². The molecule has 0 radical (unpaired) electrons. The second kappa shape index (κ2) is 8.23. The number of Topliss-reactive ketones (excluding diaryl/α,β-unsaturated/α-hetero) is 1. The summed E-state index contributed by atoms with van der Waals surface area (Å²) < 4.78 is 14.2. The van der Waals surface area contributed by atoms with Gasteiger partial charge in [-0.05, 0) is 62.9 Å². The van der Waals surface area contributed by atoms with E-state index in [-0.39, 0.29) is 42.8 Å². The Morgan fingerprint density at radius 2 is 1.88 bits per heavy atom. The number of carbonyl (C=O) groups is 3. The van der Waals surface area contributed by atoms with Crippen molar-refractivity contribution in [2.45, 2.75) is 43.8 Å². The van der Waals surface area contributed by atoms with Crippen molar-refractivity contribution in [3.05, 3.63) is 58.3 Å². The Morgan fingerprint density at radius 1 is 1.21 bits per heavy atom. The van der Waals surface area contributed by atoms with Crippen molar-refractivity contribution < 1.29 is 23.7 Å². The molecule has 0 bridgehead atoms. The molecule has 1 aromatic carbocycles. The number of alkyl halides is 1. The first-order valence-electron chi connectivity index (χ1n) is 10.4. The number of ketones is 1. The van der Waals surface area contributed by atoms with Gasteiger partial charge in [0.2, 0.25) is 5.82 Å². The Balaban J connectivity index is 1.43. The number of imide groups is 1. The van der Waals surface area contributed by atoms with E-state index < -0.39 is 40.4 Å². The van der Waals surface area contributed by atoms with Crippen molar-refractivity contribution in [3.8, 4) is 0 Å². The van der Waals surface area contributed by atoms with Gasteiger partial charge in [-0.25, -0.2) is 14.2 Å². The lowest BCUT2D eigenvalue weighted by Crippen LogP contribution is -2.52. The number of hydrogen-bond donors (Lipinski definition) is 2. The summed E-state index contributed by atoms with van der Waals surface area (Å²) in [7, 11) is 0. The monoisotopic (exact) mass is 455 g/mol. The molecule has 3 amide bonds. The van der Waals surface area contributed by atoms with Gasteiger partial charge < -0.3 is 10.6 Å². The molecule has 10 nitrogen and oxygen atoms in total. The van der Waals surface area contributed by atoms with Crippen molar-refractivity contribution >= 4 is 34.9 Å². The summed E-state index contributed by atoms with van der Waals surface area (Å²) in [6.45, 7) is 1.05. The molecule has 1 saturated heterocycles. The van der Waals surface area contributed by atoms with Gasteiger partial charge in [-0.2, -0.15) is 0 Å². The standard InChI is InChI=1S/C22H22FN5O5/c1-21(23)8-10-22(11-9-21)19(30)27(20(31)26-22)13-17(29)14-4-6-15(7-5-14)25-18-16(28(32)33)3-2-12-24-18/h2-7,12H,8-11,13H2,1H3,(H,24,25)(H,26,31). The number of halogens is 1. The molecular formula is C22H22FN5O5. The van der Waals surface area contributed by atoms with E-state index in [2.05, 4.69) is 15.6 Å². The minimum atomic E-state index is -1.37. The summed E-state index contributed by atoms with van der Waals surface area (Å²) >= 11 is 0. The van der Waals surface area contributed by atoms with Crippen LogP contribution in [0.15, 0.2) is 42.6 Å². The maximum Gasteiger partial charge on any atom is 0.325 e. The molecule has 1 spiro atoms. The second-order valence-corrected chi connectivity index (χ2v) is 8.57. The molecular weight excluding hydrogens is 433 g/mol. The average Bonchev–Trinajstić information content (AvgIpc) is 3.01. The van der Waals surface area contributed by atoms with Gasteiger partial charge in [0.1, 0.15) is 11.2 Å². The Kier molecular flexibility index (Phi) is 5.56. The predicted molar refractivity (Wildman–Crippen MR) is 116 cm³/mol. The quantitative estimate of drug-likeness (QED) is 0.295. The summed E-state index contributed by atoms with van der Waals surface area (Å²) in [5, 5.41) is 16.6. The van der Waals surface area contributed by atoms with E-state index in [0.29, 0.717) is 5.69 Å². The van der Waals surface area contributed by atoms with Crippen molar-refractivity contribution in [2.24, 2.45) is 0 Å². The van der Waals surface area contributed by atoms with Gasteiger partial charge in [-0.3, -0.25) is 24.6 Å². The van der Waals surface area contributed by atoms with Crippen molar-refractivity contribution in [1.82, 2.24) is 15.2 Å². The summed E-state index contributed by atoms with van der Waals surface area (Å²) in [4.78, 5) is 53.4. The van der Waals surface area contributed by atoms with Crippen LogP contribution in [-0.4, -0.2) is 50.3 Å². The van der Waals surface area contributed by atoms with Gasteiger partial charge in [-0.15, -0.1) is 0 Å². The third-order valence-electron chi connectivity index (χ3n) is 6.15. The van der Waals surface area contributed by atoms with Crippen LogP contribution in [-0.2, 0) is 4.79 Å². The molecule has 1 aliphatic heterocycles. The molecule has 0 unspecified atom stereocenters. The van der Waals surface area contributed by atoms with Crippen LogP contribution < -0.4 is 10.6 Å². The van der Waals surface area contributed by atoms with Crippen LogP contribution in [0.1, 0.15) is 43.0 Å². The summed E-state index contributed by atoms with van der Waals surface area (Å²) in [5.41, 5.74) is -1.98. The van der Waals surface area contributed by atoms with E-state index >= 15 is 0 Å². The highest BCUT2D eigenvalue weighted by atomic mass is 19.1. The number of nitrogens with zero attached hydrogens (tertiary/aromatic N) is 3. The second-order valence-electron chi connectivity index (χ2n) is 8.57. The van der Waals surface area contributed by atoms with Crippen LogP contribution >= 0.6 is 0 Å². The fraction of sp³-hybridized carbons (Fsp3) is 0.364. The number of pyridine rings is 1. The summed E-state index contributed by atoms with van der Waals surface area (Å²) in [6, 6.07) is 8.18. The smallest absolute Gasteiger partial charge is 0.325 e. The number of aromatic nitrogens is 1. The molecule has 1 aliphatic carbocycles. The van der Waals surface area contributed by atoms with Crippen molar-refractivity contribution in [2.75, 3.05) is 11.9 Å². The number of hydrogen-bond acceptors (Lipinski definition) is 7. The maximum absolute atomic E-state index is 14.2. The minimum absolute atomic E-state index is 0.0584. The third-order valence-corrected chi connectivity index (χ3v) is 6.15. The number of carbonyl (C=O) groups excluding carboxylic acids is 3. The molecule has 33 heavy (non-hydrogen) atoms. The topological polar surface area (TPSA) is 135 Å². The van der Waals surface area contributed by atoms with E-state index in [1.54, 1.807) is 12.1 Å². The third kappa shape index (κ3) is 4.38. The van der Waals surface area contributed by atoms with E-state index in [0.717, 1.165) is 4.90 Å². The first-order valence-corrected chi connectivity index (χ1v) is 10.4. The fourth-order valence-corrected chi connectivity index (χ4v) is 4.11. The molecule has 172 valence electrons. The van der Waals surface area contributed by atoms with Gasteiger partial charge in [0.05, 0.1) is 11.5 Å². The van der Waals surface area contributed by atoms with Gasteiger partial charge in [0.25, 0.3) is 5.91 Å². The highest BCUT2D eigenvalue weighted by Gasteiger charge is 2.54. The highest BCUT2D eigenvalue weighted by Crippen LogP contribution is 2.40. The number of nitro groups is 1. The van der Waals surface area contributed by atoms with Gasteiger partial charge >= 0.3 is 11.7 Å². The minimum Gasteiger partial charge on any atom is -0.334 e. The normalized spacial score (nSPS) is 24.6. The average molecular weight is 455 g/mol. The van der Waals surface area contributed by atoms with Crippen molar-refractivity contribution in [3.63, 3.8) is 0 Å². The summed E-state index contributed by atoms with van der Waals surface area (Å²) in [6.07, 6.45) is 2.11. The number of anilines is 2. The number of amides is 3.